The number of aromatic nitrogens is 4. The van der Waals surface area contributed by atoms with Crippen LogP contribution in [0.3, 0.4) is 0 Å². The minimum absolute atomic E-state index is 0.0789. The summed E-state index contributed by atoms with van der Waals surface area (Å²) in [5.74, 6) is 1.91. The summed E-state index contributed by atoms with van der Waals surface area (Å²) in [5.41, 5.74) is 1.99. The van der Waals surface area contributed by atoms with E-state index in [-0.39, 0.29) is 30.3 Å². The molecule has 1 saturated heterocycles. The number of nitrogens with one attached hydrogen (secondary N) is 1. The average Bonchev–Trinajstić information content (AvgIpc) is 3.27. The Morgan fingerprint density at radius 1 is 1.32 bits per heavy atom. The Balaban J connectivity index is 1.17. The summed E-state index contributed by atoms with van der Waals surface area (Å²) in [6, 6.07) is 3.10. The SMILES string of the molecule is O=C(C1CC1)N1CC(Oc2cnc(NCc3c(F)ccc4c3CCO4)n3cnnc23)C1. The van der Waals surface area contributed by atoms with Crippen molar-refractivity contribution < 1.29 is 18.7 Å². The van der Waals surface area contributed by atoms with Gasteiger partial charge in [0.2, 0.25) is 17.5 Å². The van der Waals surface area contributed by atoms with Crippen LogP contribution < -0.4 is 14.8 Å². The van der Waals surface area contributed by atoms with Crippen molar-refractivity contribution in [1.29, 1.82) is 0 Å². The number of rotatable bonds is 6. The van der Waals surface area contributed by atoms with Crippen molar-refractivity contribution in [3.05, 3.63) is 41.6 Å². The molecule has 160 valence electrons. The molecule has 31 heavy (non-hydrogen) atoms. The largest absolute Gasteiger partial charge is 0.493 e. The zero-order valence-corrected chi connectivity index (χ0v) is 16.8. The van der Waals surface area contributed by atoms with Crippen molar-refractivity contribution in [2.45, 2.75) is 31.9 Å². The van der Waals surface area contributed by atoms with Crippen LogP contribution >= 0.6 is 0 Å². The second-order valence-corrected chi connectivity index (χ2v) is 8.18. The minimum Gasteiger partial charge on any atom is -0.493 e. The molecule has 0 spiro atoms. The van der Waals surface area contributed by atoms with Gasteiger partial charge in [-0.2, -0.15) is 0 Å². The highest BCUT2D eigenvalue weighted by Gasteiger charge is 2.40. The lowest BCUT2D eigenvalue weighted by Gasteiger charge is -2.39. The second-order valence-electron chi connectivity index (χ2n) is 8.18. The van der Waals surface area contributed by atoms with Gasteiger partial charge in [0.1, 0.15) is 24.0 Å². The summed E-state index contributed by atoms with van der Waals surface area (Å²) in [6.45, 7) is 1.99. The van der Waals surface area contributed by atoms with Gasteiger partial charge in [-0.15, -0.1) is 10.2 Å². The van der Waals surface area contributed by atoms with E-state index in [1.807, 2.05) is 4.90 Å². The zero-order valence-electron chi connectivity index (χ0n) is 16.8. The van der Waals surface area contributed by atoms with Gasteiger partial charge in [-0.25, -0.2) is 13.8 Å². The van der Waals surface area contributed by atoms with E-state index in [9.17, 15) is 9.18 Å². The number of carbonyl (C=O) groups is 1. The molecular formula is C21H21FN6O3. The Bertz CT molecular complexity index is 1170. The number of nitrogens with zero attached hydrogens (tertiary/aromatic N) is 5. The first-order chi connectivity index (χ1) is 15.2. The van der Waals surface area contributed by atoms with Crippen LogP contribution in [0.1, 0.15) is 24.0 Å². The third kappa shape index (κ3) is 3.22. The number of benzene rings is 1. The number of carbonyl (C=O) groups excluding carboxylic acids is 1. The molecule has 3 aromatic rings. The maximum Gasteiger partial charge on any atom is 0.225 e. The van der Waals surface area contributed by atoms with Crippen LogP contribution in [0, 0.1) is 11.7 Å². The Labute approximate surface area is 177 Å². The van der Waals surface area contributed by atoms with Crippen LogP contribution in [0.15, 0.2) is 24.7 Å². The minimum atomic E-state index is -0.271. The molecule has 1 amide bonds. The summed E-state index contributed by atoms with van der Waals surface area (Å²) in [5, 5.41) is 11.3. The molecule has 9 nitrogen and oxygen atoms in total. The average molecular weight is 424 g/mol. The number of ether oxygens (including phenoxy) is 2. The van der Waals surface area contributed by atoms with Crippen molar-refractivity contribution in [3.63, 3.8) is 0 Å². The summed E-state index contributed by atoms with van der Waals surface area (Å²) < 4.78 is 27.6. The van der Waals surface area contributed by atoms with Crippen LogP contribution in [0.5, 0.6) is 11.5 Å². The molecule has 0 bridgehead atoms. The first kappa shape index (κ1) is 18.3. The highest BCUT2D eigenvalue weighted by molar-refractivity contribution is 5.81. The summed E-state index contributed by atoms with van der Waals surface area (Å²) in [6.07, 6.45) is 5.74. The Morgan fingerprint density at radius 2 is 2.19 bits per heavy atom. The van der Waals surface area contributed by atoms with Crippen molar-refractivity contribution in [3.8, 4) is 11.5 Å². The topological polar surface area (TPSA) is 93.9 Å². The van der Waals surface area contributed by atoms with Gasteiger partial charge in [0.15, 0.2) is 5.75 Å². The van der Waals surface area contributed by atoms with Crippen molar-refractivity contribution in [2.24, 2.45) is 5.92 Å². The molecular weight excluding hydrogens is 403 g/mol. The van der Waals surface area contributed by atoms with E-state index >= 15 is 0 Å². The predicted molar refractivity (Wildman–Crippen MR) is 107 cm³/mol. The van der Waals surface area contributed by atoms with Crippen LogP contribution in [0.4, 0.5) is 10.3 Å². The second kappa shape index (κ2) is 7.07. The van der Waals surface area contributed by atoms with Gasteiger partial charge in [0.25, 0.3) is 0 Å². The molecule has 2 aromatic heterocycles. The number of hydrogen-bond acceptors (Lipinski definition) is 7. The van der Waals surface area contributed by atoms with Gasteiger partial charge in [-0.05, 0) is 25.0 Å². The number of halogens is 1. The van der Waals surface area contributed by atoms with Crippen LogP contribution in [0.2, 0.25) is 0 Å². The van der Waals surface area contributed by atoms with E-state index in [2.05, 4.69) is 20.5 Å². The van der Waals surface area contributed by atoms with Gasteiger partial charge in [-0.1, -0.05) is 0 Å². The van der Waals surface area contributed by atoms with E-state index in [0.29, 0.717) is 49.0 Å². The number of amides is 1. The molecule has 6 rings (SSSR count). The molecule has 0 atom stereocenters. The highest BCUT2D eigenvalue weighted by Crippen LogP contribution is 2.33. The lowest BCUT2D eigenvalue weighted by Crippen LogP contribution is -2.56. The Morgan fingerprint density at radius 3 is 3.03 bits per heavy atom. The maximum atomic E-state index is 14.4. The highest BCUT2D eigenvalue weighted by atomic mass is 19.1. The number of likely N-dealkylation sites (tertiary alicyclic amines) is 1. The van der Waals surface area contributed by atoms with Gasteiger partial charge >= 0.3 is 0 Å². The van der Waals surface area contributed by atoms with Crippen molar-refractivity contribution in [2.75, 3.05) is 25.0 Å². The summed E-state index contributed by atoms with van der Waals surface area (Å²) in [7, 11) is 0. The lowest BCUT2D eigenvalue weighted by molar-refractivity contribution is -0.141. The first-order valence-corrected chi connectivity index (χ1v) is 10.5. The normalized spacial score (nSPS) is 17.9. The fraction of sp³-hybridized carbons (Fsp3) is 0.429. The van der Waals surface area contributed by atoms with E-state index in [0.717, 1.165) is 24.2 Å². The number of fused-ring (bicyclic) bond motifs is 2. The van der Waals surface area contributed by atoms with E-state index in [1.165, 1.54) is 12.4 Å². The Hall–Kier alpha value is -3.43. The summed E-state index contributed by atoms with van der Waals surface area (Å²) in [4.78, 5) is 18.3. The molecule has 4 heterocycles. The molecule has 0 radical (unpaired) electrons. The van der Waals surface area contributed by atoms with E-state index in [4.69, 9.17) is 9.47 Å². The van der Waals surface area contributed by atoms with E-state index in [1.54, 1.807) is 16.7 Å². The predicted octanol–water partition coefficient (Wildman–Crippen LogP) is 1.81. The van der Waals surface area contributed by atoms with Gasteiger partial charge in [-0.3, -0.25) is 4.79 Å². The van der Waals surface area contributed by atoms with Crippen molar-refractivity contribution in [1.82, 2.24) is 24.5 Å². The fourth-order valence-electron chi connectivity index (χ4n) is 4.15. The van der Waals surface area contributed by atoms with Crippen LogP contribution in [-0.4, -0.2) is 56.2 Å². The third-order valence-electron chi connectivity index (χ3n) is 6.04. The standard InChI is InChI=1S/C21H21FN6O3/c22-16-3-4-17-14(5-6-30-17)15(16)7-23-21-24-8-18(19-26-25-11-28(19)21)31-13-9-27(10-13)20(29)12-1-2-12/h3-4,8,11-13H,1-2,5-7,9-10H2,(H,23,24). The molecule has 1 aromatic carbocycles. The molecule has 1 N–H and O–H groups in total. The molecule has 2 aliphatic heterocycles. The number of anilines is 1. The van der Waals surface area contributed by atoms with E-state index < -0.39 is 0 Å². The van der Waals surface area contributed by atoms with Gasteiger partial charge < -0.3 is 19.7 Å². The van der Waals surface area contributed by atoms with Crippen LogP contribution in [-0.2, 0) is 17.8 Å². The molecule has 1 aliphatic carbocycles. The van der Waals surface area contributed by atoms with Crippen LogP contribution in [0.25, 0.3) is 5.65 Å². The monoisotopic (exact) mass is 424 g/mol. The molecule has 0 unspecified atom stereocenters. The Kier molecular flexibility index (Phi) is 4.18. The van der Waals surface area contributed by atoms with Gasteiger partial charge in [0.05, 0.1) is 25.9 Å². The lowest BCUT2D eigenvalue weighted by atomic mass is 10.0. The van der Waals surface area contributed by atoms with Gasteiger partial charge in [0, 0.05) is 30.0 Å². The zero-order chi connectivity index (χ0) is 20.9. The quantitative estimate of drug-likeness (QED) is 0.645. The summed E-state index contributed by atoms with van der Waals surface area (Å²) >= 11 is 0. The molecule has 3 aliphatic rings. The van der Waals surface area contributed by atoms with Crippen molar-refractivity contribution >= 4 is 17.5 Å². The number of hydrogen-bond donors (Lipinski definition) is 1. The smallest absolute Gasteiger partial charge is 0.225 e. The maximum absolute atomic E-state index is 14.4. The molecule has 1 saturated carbocycles. The molecule has 2 fully saturated rings. The first-order valence-electron chi connectivity index (χ1n) is 10.5. The third-order valence-corrected chi connectivity index (χ3v) is 6.04. The molecule has 10 heteroatoms. The fourth-order valence-corrected chi connectivity index (χ4v) is 4.15.